The molecule has 1 fully saturated rings. The van der Waals surface area contributed by atoms with E-state index in [1.165, 1.54) is 4.90 Å². The van der Waals surface area contributed by atoms with Crippen LogP contribution in [0.3, 0.4) is 0 Å². The summed E-state index contributed by atoms with van der Waals surface area (Å²) in [5.74, 6) is 1.11. The summed E-state index contributed by atoms with van der Waals surface area (Å²) in [6.07, 6.45) is 0.857. The van der Waals surface area contributed by atoms with E-state index in [0.29, 0.717) is 24.5 Å². The summed E-state index contributed by atoms with van der Waals surface area (Å²) in [7, 11) is 1.63. The maximum absolute atomic E-state index is 13.4. The van der Waals surface area contributed by atoms with E-state index in [-0.39, 0.29) is 37.4 Å². The number of carbonyl (C=O) groups excluding carboxylic acids is 2. The Hall–Kier alpha value is -2.81. The van der Waals surface area contributed by atoms with Crippen LogP contribution < -0.4 is 14.4 Å². The Morgan fingerprint density at radius 1 is 1.09 bits per heavy atom. The molecule has 1 saturated heterocycles. The first-order chi connectivity index (χ1) is 16.1. The number of benzene rings is 2. The molecule has 2 aliphatic heterocycles. The molecule has 8 nitrogen and oxygen atoms in total. The van der Waals surface area contributed by atoms with Crippen molar-refractivity contribution in [2.24, 2.45) is 0 Å². The number of anilines is 1. The lowest BCUT2D eigenvalue weighted by atomic mass is 10.2. The number of hydrogen-bond acceptors (Lipinski definition) is 6. The van der Waals surface area contributed by atoms with Crippen LogP contribution in [0.25, 0.3) is 0 Å². The summed E-state index contributed by atoms with van der Waals surface area (Å²) in [5.41, 5.74) is 1.66. The lowest BCUT2D eigenvalue weighted by molar-refractivity contribution is -0.132. The van der Waals surface area contributed by atoms with Crippen LogP contribution in [0.1, 0.15) is 12.0 Å². The van der Waals surface area contributed by atoms with E-state index in [0.717, 1.165) is 50.6 Å². The van der Waals surface area contributed by atoms with Crippen LogP contribution in [0.15, 0.2) is 48.5 Å². The van der Waals surface area contributed by atoms with Gasteiger partial charge < -0.3 is 19.1 Å². The molecular weight excluding hydrogens is 458 g/mol. The van der Waals surface area contributed by atoms with Gasteiger partial charge in [-0.3, -0.25) is 19.4 Å². The summed E-state index contributed by atoms with van der Waals surface area (Å²) in [6.45, 7) is 5.30. The van der Waals surface area contributed by atoms with Crippen LogP contribution in [-0.2, 0) is 20.9 Å². The molecule has 2 amide bonds. The van der Waals surface area contributed by atoms with Gasteiger partial charge in [-0.15, -0.1) is 12.4 Å². The number of methoxy groups -OCH3 is 1. The first-order valence-corrected chi connectivity index (χ1v) is 11.4. The zero-order valence-corrected chi connectivity index (χ0v) is 20.3. The molecule has 0 unspecified atom stereocenters. The summed E-state index contributed by atoms with van der Waals surface area (Å²) < 4.78 is 16.2. The van der Waals surface area contributed by atoms with E-state index in [1.54, 1.807) is 7.11 Å². The van der Waals surface area contributed by atoms with Crippen molar-refractivity contribution in [2.75, 3.05) is 64.6 Å². The van der Waals surface area contributed by atoms with Gasteiger partial charge in [0.25, 0.3) is 5.91 Å². The second kappa shape index (κ2) is 12.6. The zero-order chi connectivity index (χ0) is 23.0. The Morgan fingerprint density at radius 2 is 1.82 bits per heavy atom. The molecule has 0 bridgehead atoms. The highest BCUT2D eigenvalue weighted by atomic mass is 35.5. The zero-order valence-electron chi connectivity index (χ0n) is 19.5. The quantitative estimate of drug-likeness (QED) is 0.539. The number of halogens is 1. The van der Waals surface area contributed by atoms with Crippen molar-refractivity contribution in [1.29, 1.82) is 0 Å². The molecule has 184 valence electrons. The highest BCUT2D eigenvalue weighted by molar-refractivity contribution is 6.02. The molecule has 0 spiro atoms. The normalized spacial score (nSPS) is 15.7. The van der Waals surface area contributed by atoms with Crippen LogP contribution in [0.2, 0.25) is 0 Å². The standard InChI is InChI=1S/C25H31N3O5.ClH/c1-31-21-9-7-20(8-10-21)17-27(12-4-11-26-13-15-32-16-14-26)24(29)18-28-22-5-2-3-6-23(22)33-19-25(28)30;/h2-3,5-10H,4,11-19H2,1H3;1H. The van der Waals surface area contributed by atoms with Gasteiger partial charge in [0.2, 0.25) is 5.91 Å². The fourth-order valence-corrected chi connectivity index (χ4v) is 4.12. The number of para-hydroxylation sites is 2. The second-order valence-corrected chi connectivity index (χ2v) is 8.21. The van der Waals surface area contributed by atoms with E-state index >= 15 is 0 Å². The molecule has 0 atom stereocenters. The highest BCUT2D eigenvalue weighted by Crippen LogP contribution is 2.31. The van der Waals surface area contributed by atoms with Crippen LogP contribution >= 0.6 is 12.4 Å². The van der Waals surface area contributed by atoms with E-state index in [2.05, 4.69) is 4.90 Å². The Morgan fingerprint density at radius 3 is 2.56 bits per heavy atom. The van der Waals surface area contributed by atoms with Gasteiger partial charge in [0, 0.05) is 32.7 Å². The fraction of sp³-hybridized carbons (Fsp3) is 0.440. The van der Waals surface area contributed by atoms with Crippen molar-refractivity contribution in [3.05, 3.63) is 54.1 Å². The minimum absolute atomic E-state index is 0. The fourth-order valence-electron chi connectivity index (χ4n) is 4.12. The maximum Gasteiger partial charge on any atom is 0.265 e. The maximum atomic E-state index is 13.4. The molecule has 9 heteroatoms. The van der Waals surface area contributed by atoms with E-state index in [1.807, 2.05) is 53.4 Å². The topological polar surface area (TPSA) is 71.6 Å². The van der Waals surface area contributed by atoms with E-state index in [4.69, 9.17) is 14.2 Å². The number of nitrogens with zero attached hydrogens (tertiary/aromatic N) is 3. The average molecular weight is 490 g/mol. The van der Waals surface area contributed by atoms with Crippen LogP contribution in [0.4, 0.5) is 5.69 Å². The van der Waals surface area contributed by atoms with Crippen LogP contribution in [-0.4, -0.2) is 81.3 Å². The van der Waals surface area contributed by atoms with Crippen molar-refractivity contribution < 1.29 is 23.8 Å². The molecule has 34 heavy (non-hydrogen) atoms. The van der Waals surface area contributed by atoms with Crippen LogP contribution in [0, 0.1) is 0 Å². The van der Waals surface area contributed by atoms with Crippen molar-refractivity contribution in [1.82, 2.24) is 9.80 Å². The van der Waals surface area contributed by atoms with Crippen molar-refractivity contribution >= 4 is 29.9 Å². The predicted molar refractivity (Wildman–Crippen MR) is 132 cm³/mol. The largest absolute Gasteiger partial charge is 0.497 e. The number of morpholine rings is 1. The third-order valence-electron chi connectivity index (χ3n) is 5.99. The van der Waals surface area contributed by atoms with Crippen molar-refractivity contribution in [3.8, 4) is 11.5 Å². The summed E-state index contributed by atoms with van der Waals surface area (Å²) in [6, 6.07) is 15.1. The Balaban J connectivity index is 0.00000324. The molecule has 0 radical (unpaired) electrons. The smallest absolute Gasteiger partial charge is 0.265 e. The van der Waals surface area contributed by atoms with E-state index in [9.17, 15) is 9.59 Å². The van der Waals surface area contributed by atoms with E-state index < -0.39 is 0 Å². The van der Waals surface area contributed by atoms with Gasteiger partial charge >= 0.3 is 0 Å². The molecule has 2 heterocycles. The average Bonchev–Trinajstić information content (AvgIpc) is 2.86. The number of amides is 2. The SMILES string of the molecule is COc1ccc(CN(CCCN2CCOCC2)C(=O)CN2C(=O)COc3ccccc32)cc1.Cl. The monoisotopic (exact) mass is 489 g/mol. The molecule has 2 aromatic rings. The van der Waals surface area contributed by atoms with Gasteiger partial charge in [-0.25, -0.2) is 0 Å². The third kappa shape index (κ3) is 6.62. The second-order valence-electron chi connectivity index (χ2n) is 8.21. The Labute approximate surface area is 206 Å². The molecule has 0 saturated carbocycles. The summed E-state index contributed by atoms with van der Waals surface area (Å²) in [4.78, 5) is 31.7. The number of rotatable bonds is 9. The molecule has 4 rings (SSSR count). The van der Waals surface area contributed by atoms with Gasteiger partial charge in [0.1, 0.15) is 18.0 Å². The first-order valence-electron chi connectivity index (χ1n) is 11.4. The molecule has 0 aliphatic carbocycles. The predicted octanol–water partition coefficient (Wildman–Crippen LogP) is 2.59. The summed E-state index contributed by atoms with van der Waals surface area (Å²) >= 11 is 0. The first kappa shape index (κ1) is 25.8. The molecule has 0 aromatic heterocycles. The number of fused-ring (bicyclic) bond motifs is 1. The van der Waals surface area contributed by atoms with Gasteiger partial charge in [-0.1, -0.05) is 24.3 Å². The molecular formula is C25H32ClN3O5. The van der Waals surface area contributed by atoms with Gasteiger partial charge in [-0.2, -0.15) is 0 Å². The highest BCUT2D eigenvalue weighted by Gasteiger charge is 2.28. The molecule has 0 N–H and O–H groups in total. The number of hydrogen-bond donors (Lipinski definition) is 0. The van der Waals surface area contributed by atoms with Gasteiger partial charge in [0.05, 0.1) is 26.0 Å². The lowest BCUT2D eigenvalue weighted by Crippen LogP contribution is -2.47. The number of ether oxygens (including phenoxy) is 3. The third-order valence-corrected chi connectivity index (χ3v) is 5.99. The Bertz CT molecular complexity index is 950. The van der Waals surface area contributed by atoms with Gasteiger partial charge in [0.15, 0.2) is 6.61 Å². The number of carbonyl (C=O) groups is 2. The lowest BCUT2D eigenvalue weighted by Gasteiger charge is -2.32. The minimum Gasteiger partial charge on any atom is -0.497 e. The Kier molecular flexibility index (Phi) is 9.56. The van der Waals surface area contributed by atoms with Crippen molar-refractivity contribution in [3.63, 3.8) is 0 Å². The van der Waals surface area contributed by atoms with Crippen LogP contribution in [0.5, 0.6) is 11.5 Å². The minimum atomic E-state index is -0.209. The molecule has 2 aliphatic rings. The summed E-state index contributed by atoms with van der Waals surface area (Å²) in [5, 5.41) is 0. The van der Waals surface area contributed by atoms with Gasteiger partial charge in [-0.05, 0) is 36.2 Å². The molecule has 2 aromatic carbocycles. The van der Waals surface area contributed by atoms with Crippen molar-refractivity contribution in [2.45, 2.75) is 13.0 Å².